The van der Waals surface area contributed by atoms with Crippen molar-refractivity contribution in [3.8, 4) is 5.75 Å². The average Bonchev–Trinajstić information content (AvgIpc) is 2.21. The summed E-state index contributed by atoms with van der Waals surface area (Å²) < 4.78 is 18.8. The summed E-state index contributed by atoms with van der Waals surface area (Å²) in [5.74, 6) is -0.767. The van der Waals surface area contributed by atoms with Gasteiger partial charge in [-0.05, 0) is 50.5 Å². The Balaban J connectivity index is 3.11. The largest absolute Gasteiger partial charge is 0.496 e. The van der Waals surface area contributed by atoms with Crippen molar-refractivity contribution in [3.63, 3.8) is 0 Å². The highest BCUT2D eigenvalue weighted by Crippen LogP contribution is 2.28. The molecule has 1 N–H and O–H groups in total. The minimum Gasteiger partial charge on any atom is -0.496 e. The van der Waals surface area contributed by atoms with Gasteiger partial charge in [-0.15, -0.1) is 0 Å². The van der Waals surface area contributed by atoms with Gasteiger partial charge in [0, 0.05) is 0 Å². The van der Waals surface area contributed by atoms with E-state index in [1.807, 2.05) is 0 Å². The Kier molecular flexibility index (Phi) is 3.76. The first-order chi connectivity index (χ1) is 7.77. The summed E-state index contributed by atoms with van der Waals surface area (Å²) in [5, 5.41) is 9.02. The molecule has 3 nitrogen and oxygen atoms in total. The Morgan fingerprint density at radius 1 is 1.47 bits per heavy atom. The molecule has 4 heteroatoms. The van der Waals surface area contributed by atoms with E-state index in [1.165, 1.54) is 13.2 Å². The lowest BCUT2D eigenvalue weighted by Gasteiger charge is -2.20. The monoisotopic (exact) mass is 240 g/mol. The number of ether oxygens (including phenoxy) is 1. The molecule has 0 heterocycles. The summed E-state index contributed by atoms with van der Waals surface area (Å²) in [5.41, 5.74) is 0.0583. The van der Waals surface area contributed by atoms with Gasteiger partial charge < -0.3 is 9.84 Å². The van der Waals surface area contributed by atoms with Crippen molar-refractivity contribution in [2.24, 2.45) is 5.41 Å². The van der Waals surface area contributed by atoms with Gasteiger partial charge >= 0.3 is 5.97 Å². The highest BCUT2D eigenvalue weighted by Gasteiger charge is 2.28. The zero-order chi connectivity index (χ0) is 13.2. The summed E-state index contributed by atoms with van der Waals surface area (Å²) in [6.45, 7) is 4.89. The molecule has 94 valence electrons. The number of hydrogen-bond donors (Lipinski definition) is 1. The highest BCUT2D eigenvalue weighted by molar-refractivity contribution is 5.74. The molecule has 0 aliphatic carbocycles. The van der Waals surface area contributed by atoms with Crippen LogP contribution in [0.4, 0.5) is 4.39 Å². The number of methoxy groups -OCH3 is 1. The number of hydrogen-bond acceptors (Lipinski definition) is 2. The third-order valence-electron chi connectivity index (χ3n) is 2.78. The van der Waals surface area contributed by atoms with Crippen LogP contribution in [0.25, 0.3) is 0 Å². The quantitative estimate of drug-likeness (QED) is 0.880. The summed E-state index contributed by atoms with van der Waals surface area (Å²) in [4.78, 5) is 11.0. The zero-order valence-corrected chi connectivity index (χ0v) is 10.5. The molecule has 0 aliphatic rings. The molecule has 1 aromatic rings. The minimum atomic E-state index is -0.999. The Morgan fingerprint density at radius 2 is 2.06 bits per heavy atom. The molecule has 0 radical (unpaired) electrons. The molecular weight excluding hydrogens is 223 g/mol. The van der Waals surface area contributed by atoms with E-state index < -0.39 is 17.2 Å². The molecule has 0 unspecified atom stereocenters. The molecule has 1 rings (SSSR count). The molecule has 0 amide bonds. The molecule has 0 atom stereocenters. The van der Waals surface area contributed by atoms with Crippen LogP contribution in [0.2, 0.25) is 0 Å². The van der Waals surface area contributed by atoms with Crippen molar-refractivity contribution in [3.05, 3.63) is 29.1 Å². The van der Waals surface area contributed by atoms with E-state index in [-0.39, 0.29) is 6.42 Å². The maximum atomic E-state index is 13.7. The fraction of sp³-hybridized carbons (Fsp3) is 0.462. The fourth-order valence-electron chi connectivity index (χ4n) is 1.60. The Hall–Kier alpha value is -1.58. The predicted octanol–water partition coefficient (Wildman–Crippen LogP) is 2.80. The van der Waals surface area contributed by atoms with E-state index in [4.69, 9.17) is 9.84 Å². The normalized spacial score (nSPS) is 11.4. The number of carboxylic acids is 1. The number of benzene rings is 1. The SMILES string of the molecule is COc1cc(CC(C)(C)C(=O)O)c(F)cc1C. The molecule has 17 heavy (non-hydrogen) atoms. The lowest BCUT2D eigenvalue weighted by atomic mass is 9.85. The summed E-state index contributed by atoms with van der Waals surface area (Å²) in [7, 11) is 1.51. The minimum absolute atomic E-state index is 0.130. The van der Waals surface area contributed by atoms with Crippen molar-refractivity contribution in [2.45, 2.75) is 27.2 Å². The molecular formula is C13H17FO3. The zero-order valence-electron chi connectivity index (χ0n) is 10.5. The first kappa shape index (κ1) is 13.5. The molecule has 0 fully saturated rings. The van der Waals surface area contributed by atoms with Gasteiger partial charge in [0.25, 0.3) is 0 Å². The van der Waals surface area contributed by atoms with Crippen LogP contribution >= 0.6 is 0 Å². The van der Waals surface area contributed by atoms with Crippen molar-refractivity contribution in [2.75, 3.05) is 7.11 Å². The topological polar surface area (TPSA) is 46.5 Å². The van der Waals surface area contributed by atoms with Crippen LogP contribution in [0.3, 0.4) is 0 Å². The highest BCUT2D eigenvalue weighted by atomic mass is 19.1. The van der Waals surface area contributed by atoms with Crippen molar-refractivity contribution < 1.29 is 19.0 Å². The van der Waals surface area contributed by atoms with Gasteiger partial charge in [-0.1, -0.05) is 0 Å². The van der Waals surface area contributed by atoms with Gasteiger partial charge in [-0.3, -0.25) is 4.79 Å². The lowest BCUT2D eigenvalue weighted by Crippen LogP contribution is -2.26. The van der Waals surface area contributed by atoms with E-state index >= 15 is 0 Å². The first-order valence-electron chi connectivity index (χ1n) is 5.34. The standard InChI is InChI=1S/C13H17FO3/c1-8-5-10(14)9(6-11(8)17-4)7-13(2,3)12(15)16/h5-6H,7H2,1-4H3,(H,15,16). The van der Waals surface area contributed by atoms with E-state index in [1.54, 1.807) is 26.8 Å². The van der Waals surface area contributed by atoms with Gasteiger partial charge in [-0.2, -0.15) is 0 Å². The molecule has 0 bridgehead atoms. The van der Waals surface area contributed by atoms with Crippen LogP contribution in [0, 0.1) is 18.2 Å². The smallest absolute Gasteiger partial charge is 0.309 e. The molecule has 0 saturated heterocycles. The molecule has 0 aromatic heterocycles. The Bertz CT molecular complexity index is 439. The lowest BCUT2D eigenvalue weighted by molar-refractivity contribution is -0.146. The van der Waals surface area contributed by atoms with Crippen LogP contribution in [0.15, 0.2) is 12.1 Å². The van der Waals surface area contributed by atoms with Crippen LogP contribution < -0.4 is 4.74 Å². The number of carboxylic acid groups (broad SMARTS) is 1. The number of rotatable bonds is 4. The Labute approximate surface area is 100 Å². The first-order valence-corrected chi connectivity index (χ1v) is 5.34. The average molecular weight is 240 g/mol. The molecule has 1 aromatic carbocycles. The van der Waals surface area contributed by atoms with Gasteiger partial charge in [0.15, 0.2) is 0 Å². The van der Waals surface area contributed by atoms with Crippen LogP contribution in [0.1, 0.15) is 25.0 Å². The third kappa shape index (κ3) is 2.96. The summed E-state index contributed by atoms with van der Waals surface area (Å²) in [6.07, 6.45) is 0.130. The van der Waals surface area contributed by atoms with E-state index in [0.29, 0.717) is 16.9 Å². The third-order valence-corrected chi connectivity index (χ3v) is 2.78. The van der Waals surface area contributed by atoms with Gasteiger partial charge in [0.05, 0.1) is 12.5 Å². The number of halogens is 1. The van der Waals surface area contributed by atoms with Gasteiger partial charge in [0.1, 0.15) is 11.6 Å². The van der Waals surface area contributed by atoms with Crippen LogP contribution in [0.5, 0.6) is 5.75 Å². The number of aryl methyl sites for hydroxylation is 1. The van der Waals surface area contributed by atoms with Crippen molar-refractivity contribution in [1.29, 1.82) is 0 Å². The summed E-state index contributed by atoms with van der Waals surface area (Å²) >= 11 is 0. The van der Waals surface area contributed by atoms with Crippen LogP contribution in [-0.2, 0) is 11.2 Å². The van der Waals surface area contributed by atoms with E-state index in [0.717, 1.165) is 0 Å². The summed E-state index contributed by atoms with van der Waals surface area (Å²) in [6, 6.07) is 2.93. The maximum absolute atomic E-state index is 13.7. The second kappa shape index (κ2) is 4.73. The second-order valence-corrected chi connectivity index (χ2v) is 4.78. The van der Waals surface area contributed by atoms with Gasteiger partial charge in [0.2, 0.25) is 0 Å². The maximum Gasteiger partial charge on any atom is 0.309 e. The van der Waals surface area contributed by atoms with Crippen molar-refractivity contribution >= 4 is 5.97 Å². The predicted molar refractivity (Wildman–Crippen MR) is 62.8 cm³/mol. The number of aliphatic carboxylic acids is 1. The fourth-order valence-corrected chi connectivity index (χ4v) is 1.60. The Morgan fingerprint density at radius 3 is 2.53 bits per heavy atom. The second-order valence-electron chi connectivity index (χ2n) is 4.78. The molecule has 0 saturated carbocycles. The molecule has 0 aliphatic heterocycles. The van der Waals surface area contributed by atoms with E-state index in [9.17, 15) is 9.18 Å². The van der Waals surface area contributed by atoms with Gasteiger partial charge in [-0.25, -0.2) is 4.39 Å². The molecule has 0 spiro atoms. The van der Waals surface area contributed by atoms with Crippen LogP contribution in [-0.4, -0.2) is 18.2 Å². The van der Waals surface area contributed by atoms with Crippen molar-refractivity contribution in [1.82, 2.24) is 0 Å². The van der Waals surface area contributed by atoms with E-state index in [2.05, 4.69) is 0 Å². The number of carbonyl (C=O) groups is 1.